The van der Waals surface area contributed by atoms with Gasteiger partial charge in [-0.3, -0.25) is 0 Å². The average Bonchev–Trinajstić information content (AvgIpc) is 2.27. The molecule has 1 atom stereocenters. The smallest absolute Gasteiger partial charge is 0.0897 e. The third kappa shape index (κ3) is 8.06. The minimum atomic E-state index is -0.366. The maximum Gasteiger partial charge on any atom is 0.0897 e. The molecule has 3 nitrogen and oxygen atoms in total. The molecule has 18 heavy (non-hydrogen) atoms. The fourth-order valence-corrected chi connectivity index (χ4v) is 2.46. The first kappa shape index (κ1) is 15.9. The number of nitrogens with one attached hydrogen (secondary N) is 1. The molecule has 0 radical (unpaired) electrons. The first-order valence-electron chi connectivity index (χ1n) is 7.67. The summed E-state index contributed by atoms with van der Waals surface area (Å²) in [5.74, 6) is 0.538. The molecule has 0 aromatic rings. The van der Waals surface area contributed by atoms with Crippen LogP contribution in [0, 0.1) is 5.92 Å². The first-order chi connectivity index (χ1) is 8.68. The Morgan fingerprint density at radius 2 is 1.67 bits per heavy atom. The quantitative estimate of drug-likeness (QED) is 0.737. The fourth-order valence-electron chi connectivity index (χ4n) is 2.46. The van der Waals surface area contributed by atoms with E-state index in [1.54, 1.807) is 0 Å². The van der Waals surface area contributed by atoms with Gasteiger partial charge in [0.25, 0.3) is 0 Å². The Morgan fingerprint density at radius 1 is 1.06 bits per heavy atom. The van der Waals surface area contributed by atoms with Gasteiger partial charge in [0.2, 0.25) is 0 Å². The zero-order chi connectivity index (χ0) is 13.2. The molecule has 1 unspecified atom stereocenters. The van der Waals surface area contributed by atoms with Gasteiger partial charge in [-0.15, -0.1) is 0 Å². The van der Waals surface area contributed by atoms with E-state index < -0.39 is 0 Å². The Morgan fingerprint density at radius 3 is 2.28 bits per heavy atom. The normalized spacial score (nSPS) is 20.7. The van der Waals surface area contributed by atoms with E-state index in [-0.39, 0.29) is 6.10 Å². The van der Waals surface area contributed by atoms with E-state index in [1.165, 1.54) is 44.9 Å². The highest BCUT2D eigenvalue weighted by atomic mass is 16.5. The van der Waals surface area contributed by atoms with E-state index in [1.807, 2.05) is 0 Å². The van der Waals surface area contributed by atoms with Crippen LogP contribution in [0.3, 0.4) is 0 Å². The Bertz CT molecular complexity index is 189. The van der Waals surface area contributed by atoms with Gasteiger partial charge >= 0.3 is 0 Å². The summed E-state index contributed by atoms with van der Waals surface area (Å²) in [6, 6.07) is 0.602. The highest BCUT2D eigenvalue weighted by molar-refractivity contribution is 4.71. The van der Waals surface area contributed by atoms with Gasteiger partial charge in [0.05, 0.1) is 12.7 Å². The molecule has 0 bridgehead atoms. The Labute approximate surface area is 112 Å². The van der Waals surface area contributed by atoms with Crippen LogP contribution in [0.1, 0.15) is 58.8 Å². The molecule has 1 rings (SSSR count). The van der Waals surface area contributed by atoms with Gasteiger partial charge in [0.15, 0.2) is 0 Å². The van der Waals surface area contributed by atoms with Crippen molar-refractivity contribution in [2.24, 2.45) is 5.92 Å². The Hall–Kier alpha value is -0.120. The van der Waals surface area contributed by atoms with Gasteiger partial charge in [-0.2, -0.15) is 0 Å². The van der Waals surface area contributed by atoms with E-state index in [9.17, 15) is 5.11 Å². The van der Waals surface area contributed by atoms with Crippen LogP contribution in [0.15, 0.2) is 0 Å². The Balaban J connectivity index is 2.06. The number of aliphatic hydroxyl groups is 1. The lowest BCUT2D eigenvalue weighted by molar-refractivity contribution is 0.0246. The van der Waals surface area contributed by atoms with E-state index in [0.717, 1.165) is 6.61 Å². The van der Waals surface area contributed by atoms with Crippen molar-refractivity contribution < 1.29 is 9.84 Å². The molecule has 0 aliphatic heterocycles. The standard InChI is InChI=1S/C15H31NO2/c1-13(2)11-18-12-15(17)10-16-14-8-6-4-3-5-7-9-14/h13-17H,3-12H2,1-2H3. The third-order valence-electron chi connectivity index (χ3n) is 3.51. The molecule has 1 saturated carbocycles. The van der Waals surface area contributed by atoms with Crippen molar-refractivity contribution in [3.8, 4) is 0 Å². The van der Waals surface area contributed by atoms with Crippen LogP contribution in [0.2, 0.25) is 0 Å². The van der Waals surface area contributed by atoms with Gasteiger partial charge in [0, 0.05) is 19.2 Å². The summed E-state index contributed by atoms with van der Waals surface area (Å²) in [5, 5.41) is 13.3. The second-order valence-electron chi connectivity index (χ2n) is 6.04. The number of hydrogen-bond acceptors (Lipinski definition) is 3. The first-order valence-corrected chi connectivity index (χ1v) is 7.67. The van der Waals surface area contributed by atoms with Crippen LogP contribution >= 0.6 is 0 Å². The third-order valence-corrected chi connectivity index (χ3v) is 3.51. The maximum atomic E-state index is 9.83. The van der Waals surface area contributed by atoms with E-state index in [4.69, 9.17) is 4.74 Å². The molecule has 2 N–H and O–H groups in total. The van der Waals surface area contributed by atoms with Gasteiger partial charge in [0.1, 0.15) is 0 Å². The highest BCUT2D eigenvalue weighted by Gasteiger charge is 2.12. The molecular formula is C15H31NO2. The van der Waals surface area contributed by atoms with Crippen LogP contribution in [-0.2, 0) is 4.74 Å². The summed E-state index contributed by atoms with van der Waals surface area (Å²) in [7, 11) is 0. The van der Waals surface area contributed by atoms with Crippen molar-refractivity contribution in [1.29, 1.82) is 0 Å². The lowest BCUT2D eigenvalue weighted by Gasteiger charge is -2.22. The number of ether oxygens (including phenoxy) is 1. The van der Waals surface area contributed by atoms with E-state index in [0.29, 0.717) is 25.1 Å². The Kier molecular flexibility index (Phi) is 8.64. The van der Waals surface area contributed by atoms with Crippen LogP contribution in [0.25, 0.3) is 0 Å². The molecule has 0 spiro atoms. The zero-order valence-corrected chi connectivity index (χ0v) is 12.2. The van der Waals surface area contributed by atoms with E-state index in [2.05, 4.69) is 19.2 Å². The topological polar surface area (TPSA) is 41.5 Å². The zero-order valence-electron chi connectivity index (χ0n) is 12.2. The van der Waals surface area contributed by atoms with Crippen LogP contribution < -0.4 is 5.32 Å². The van der Waals surface area contributed by atoms with Gasteiger partial charge in [-0.1, -0.05) is 46.0 Å². The summed E-state index contributed by atoms with van der Waals surface area (Å²) in [5.41, 5.74) is 0. The second kappa shape index (κ2) is 9.76. The molecular weight excluding hydrogens is 226 g/mol. The van der Waals surface area contributed by atoms with Crippen molar-refractivity contribution in [3.05, 3.63) is 0 Å². The molecule has 1 aliphatic rings. The minimum absolute atomic E-state index is 0.366. The summed E-state index contributed by atoms with van der Waals surface area (Å²) in [4.78, 5) is 0. The largest absolute Gasteiger partial charge is 0.389 e. The molecule has 0 aromatic heterocycles. The lowest BCUT2D eigenvalue weighted by atomic mass is 9.96. The number of hydrogen-bond donors (Lipinski definition) is 2. The molecule has 3 heteroatoms. The molecule has 108 valence electrons. The molecule has 0 amide bonds. The molecule has 0 saturated heterocycles. The van der Waals surface area contributed by atoms with Crippen molar-refractivity contribution in [1.82, 2.24) is 5.32 Å². The number of aliphatic hydroxyl groups excluding tert-OH is 1. The molecule has 1 fully saturated rings. The SMILES string of the molecule is CC(C)COCC(O)CNC1CCCCCCC1. The monoisotopic (exact) mass is 257 g/mol. The van der Waals surface area contributed by atoms with Gasteiger partial charge < -0.3 is 15.2 Å². The van der Waals surface area contributed by atoms with Crippen molar-refractivity contribution in [2.75, 3.05) is 19.8 Å². The second-order valence-corrected chi connectivity index (χ2v) is 6.04. The lowest BCUT2D eigenvalue weighted by Crippen LogP contribution is -2.38. The van der Waals surface area contributed by atoms with Crippen LogP contribution in [0.4, 0.5) is 0 Å². The van der Waals surface area contributed by atoms with Crippen molar-refractivity contribution >= 4 is 0 Å². The molecule has 0 heterocycles. The maximum absolute atomic E-state index is 9.83. The summed E-state index contributed by atoms with van der Waals surface area (Å²) in [6.45, 7) is 6.11. The van der Waals surface area contributed by atoms with Crippen LogP contribution in [0.5, 0.6) is 0 Å². The van der Waals surface area contributed by atoms with Crippen molar-refractivity contribution in [3.63, 3.8) is 0 Å². The van der Waals surface area contributed by atoms with Gasteiger partial charge in [-0.05, 0) is 18.8 Å². The predicted octanol–water partition coefficient (Wildman–Crippen LogP) is 2.72. The minimum Gasteiger partial charge on any atom is -0.389 e. The summed E-state index contributed by atoms with van der Waals surface area (Å²) in [6.07, 6.45) is 8.97. The molecule has 1 aliphatic carbocycles. The van der Waals surface area contributed by atoms with Crippen molar-refractivity contribution in [2.45, 2.75) is 70.9 Å². The molecule has 0 aromatic carbocycles. The summed E-state index contributed by atoms with van der Waals surface area (Å²) >= 11 is 0. The highest BCUT2D eigenvalue weighted by Crippen LogP contribution is 2.16. The summed E-state index contributed by atoms with van der Waals surface area (Å²) < 4.78 is 5.45. The fraction of sp³-hybridized carbons (Fsp3) is 1.00. The average molecular weight is 257 g/mol. The van der Waals surface area contributed by atoms with Crippen LogP contribution in [-0.4, -0.2) is 37.0 Å². The number of rotatable bonds is 7. The predicted molar refractivity (Wildman–Crippen MR) is 75.8 cm³/mol. The van der Waals surface area contributed by atoms with Gasteiger partial charge in [-0.25, -0.2) is 0 Å². The van der Waals surface area contributed by atoms with E-state index >= 15 is 0 Å².